The van der Waals surface area contributed by atoms with Crippen LogP contribution in [0.3, 0.4) is 0 Å². The van der Waals surface area contributed by atoms with Crippen molar-refractivity contribution >= 4 is 23.0 Å². The minimum atomic E-state index is -0.841. The van der Waals surface area contributed by atoms with Crippen LogP contribution in [0.5, 0.6) is 0 Å². The van der Waals surface area contributed by atoms with E-state index in [4.69, 9.17) is 4.42 Å². The molecule has 0 spiro atoms. The van der Waals surface area contributed by atoms with Crippen LogP contribution in [0.4, 0.5) is 0 Å². The Morgan fingerprint density at radius 1 is 1.09 bits per heavy atom. The van der Waals surface area contributed by atoms with Crippen molar-refractivity contribution in [3.05, 3.63) is 111 Å². The minimum Gasteiger partial charge on any atom is -0.503 e. The van der Waals surface area contributed by atoms with Crippen LogP contribution < -0.4 is 0 Å². The largest absolute Gasteiger partial charge is 0.503 e. The standard InChI is InChI=1S/C28H24N2O4S/c1-16-11-12-17(2)20(14-16)15-30-23(21-10-7-13-34-21)22(25(32)28(30)33)24(31)26-18(3)29-27(35-26)19-8-5-4-6-9-19/h4-14,23,32H,15H2,1-3H3. The molecule has 2 aromatic heterocycles. The number of furan rings is 1. The maximum absolute atomic E-state index is 13.8. The fourth-order valence-corrected chi connectivity index (χ4v) is 5.40. The zero-order valence-corrected chi connectivity index (χ0v) is 20.4. The number of ketones is 1. The fraction of sp³-hybridized carbons (Fsp3) is 0.179. The Hall–Kier alpha value is -3.97. The maximum atomic E-state index is 13.8. The van der Waals surface area contributed by atoms with Crippen LogP contribution in [0.25, 0.3) is 10.6 Å². The number of Topliss-reactive ketones (excluding diaryl/α,β-unsaturated/α-hetero) is 1. The molecule has 1 aliphatic rings. The molecule has 176 valence electrons. The molecule has 1 unspecified atom stereocenters. The molecule has 1 N–H and O–H groups in total. The molecule has 0 aliphatic carbocycles. The predicted octanol–water partition coefficient (Wildman–Crippen LogP) is 6.11. The highest BCUT2D eigenvalue weighted by Gasteiger charge is 2.46. The predicted molar refractivity (Wildman–Crippen MR) is 134 cm³/mol. The van der Waals surface area contributed by atoms with Gasteiger partial charge in [-0.15, -0.1) is 11.3 Å². The van der Waals surface area contributed by atoms with E-state index < -0.39 is 23.5 Å². The lowest BCUT2D eigenvalue weighted by Gasteiger charge is -2.25. The van der Waals surface area contributed by atoms with Gasteiger partial charge in [-0.25, -0.2) is 4.98 Å². The minimum absolute atomic E-state index is 0.0154. The van der Waals surface area contributed by atoms with Crippen LogP contribution in [0.2, 0.25) is 0 Å². The number of thiazole rings is 1. The van der Waals surface area contributed by atoms with Crippen LogP contribution in [-0.4, -0.2) is 26.7 Å². The number of rotatable bonds is 6. The maximum Gasteiger partial charge on any atom is 0.290 e. The Labute approximate surface area is 207 Å². The molecule has 6 nitrogen and oxygen atoms in total. The molecule has 2 aromatic carbocycles. The molecule has 0 saturated heterocycles. The van der Waals surface area contributed by atoms with Crippen molar-refractivity contribution in [3.63, 3.8) is 0 Å². The van der Waals surface area contributed by atoms with Crippen LogP contribution in [0, 0.1) is 20.8 Å². The molecule has 0 bridgehead atoms. The number of aryl methyl sites for hydroxylation is 3. The molecule has 1 atom stereocenters. The number of aromatic nitrogens is 1. The normalized spacial score (nSPS) is 15.8. The van der Waals surface area contributed by atoms with Crippen molar-refractivity contribution in [2.45, 2.75) is 33.4 Å². The molecule has 0 saturated carbocycles. The van der Waals surface area contributed by atoms with Gasteiger partial charge >= 0.3 is 0 Å². The number of carbonyl (C=O) groups is 2. The first-order valence-corrected chi connectivity index (χ1v) is 12.1. The summed E-state index contributed by atoms with van der Waals surface area (Å²) in [5.74, 6) is -1.14. The Kier molecular flexibility index (Phi) is 5.86. The number of benzene rings is 2. The first-order chi connectivity index (χ1) is 16.8. The number of aliphatic hydroxyl groups is 1. The van der Waals surface area contributed by atoms with Crippen molar-refractivity contribution in [2.75, 3.05) is 0 Å². The quantitative estimate of drug-likeness (QED) is 0.334. The van der Waals surface area contributed by atoms with Crippen molar-refractivity contribution in [1.29, 1.82) is 0 Å². The summed E-state index contributed by atoms with van der Waals surface area (Å²) in [4.78, 5) is 33.6. The van der Waals surface area contributed by atoms with Gasteiger partial charge in [0.1, 0.15) is 16.8 Å². The Bertz CT molecular complexity index is 1450. The van der Waals surface area contributed by atoms with E-state index in [2.05, 4.69) is 4.98 Å². The summed E-state index contributed by atoms with van der Waals surface area (Å²) in [5, 5.41) is 11.7. The number of hydrogen-bond donors (Lipinski definition) is 1. The van der Waals surface area contributed by atoms with E-state index in [0.29, 0.717) is 21.3 Å². The van der Waals surface area contributed by atoms with E-state index in [0.717, 1.165) is 22.3 Å². The summed E-state index contributed by atoms with van der Waals surface area (Å²) in [6.45, 7) is 5.96. The average molecular weight is 485 g/mol. The zero-order valence-electron chi connectivity index (χ0n) is 19.6. The van der Waals surface area contributed by atoms with Gasteiger partial charge in [-0.2, -0.15) is 0 Å². The third-order valence-corrected chi connectivity index (χ3v) is 7.44. The number of hydrogen-bond acceptors (Lipinski definition) is 6. The number of aliphatic hydroxyl groups excluding tert-OH is 1. The second kappa shape index (κ2) is 9.00. The SMILES string of the molecule is Cc1ccc(C)c(CN2C(=O)C(O)=C(C(=O)c3sc(-c4ccccc4)nc3C)C2c2ccco2)c1. The first-order valence-electron chi connectivity index (χ1n) is 11.3. The van der Waals surface area contributed by atoms with E-state index in [1.165, 1.54) is 22.5 Å². The molecule has 0 fully saturated rings. The highest BCUT2D eigenvalue weighted by atomic mass is 32.1. The zero-order chi connectivity index (χ0) is 24.7. The second-order valence-electron chi connectivity index (χ2n) is 8.67. The van der Waals surface area contributed by atoms with Gasteiger partial charge in [-0.1, -0.05) is 54.1 Å². The van der Waals surface area contributed by atoms with Gasteiger partial charge in [0.15, 0.2) is 5.76 Å². The Morgan fingerprint density at radius 2 is 1.86 bits per heavy atom. The molecule has 35 heavy (non-hydrogen) atoms. The number of nitrogens with zero attached hydrogens (tertiary/aromatic N) is 2. The van der Waals surface area contributed by atoms with E-state index >= 15 is 0 Å². The molecular weight excluding hydrogens is 460 g/mol. The van der Waals surface area contributed by atoms with Crippen LogP contribution >= 0.6 is 11.3 Å². The summed E-state index contributed by atoms with van der Waals surface area (Å²) in [6, 6.07) is 18.2. The molecule has 4 aromatic rings. The van der Waals surface area contributed by atoms with Gasteiger partial charge in [-0.05, 0) is 44.0 Å². The van der Waals surface area contributed by atoms with Crippen molar-refractivity contribution in [2.24, 2.45) is 0 Å². The lowest BCUT2D eigenvalue weighted by Crippen LogP contribution is -2.30. The van der Waals surface area contributed by atoms with E-state index in [1.54, 1.807) is 19.1 Å². The fourth-order valence-electron chi connectivity index (χ4n) is 4.38. The van der Waals surface area contributed by atoms with Gasteiger partial charge in [0.2, 0.25) is 5.78 Å². The molecule has 1 aliphatic heterocycles. The van der Waals surface area contributed by atoms with Crippen molar-refractivity contribution in [3.8, 4) is 10.6 Å². The molecule has 7 heteroatoms. The summed E-state index contributed by atoms with van der Waals surface area (Å²) < 4.78 is 5.65. The molecule has 0 radical (unpaired) electrons. The summed E-state index contributed by atoms with van der Waals surface area (Å²) in [6.07, 6.45) is 1.50. The lowest BCUT2D eigenvalue weighted by atomic mass is 9.98. The summed E-state index contributed by atoms with van der Waals surface area (Å²) >= 11 is 1.25. The monoisotopic (exact) mass is 484 g/mol. The van der Waals surface area contributed by atoms with Crippen LogP contribution in [0.1, 0.15) is 43.9 Å². The Morgan fingerprint density at radius 3 is 2.57 bits per heavy atom. The molecular formula is C28H24N2O4S. The number of carbonyl (C=O) groups excluding carboxylic acids is 2. The van der Waals surface area contributed by atoms with Gasteiger partial charge in [0.05, 0.1) is 22.4 Å². The lowest BCUT2D eigenvalue weighted by molar-refractivity contribution is -0.130. The van der Waals surface area contributed by atoms with Gasteiger partial charge in [0, 0.05) is 12.1 Å². The summed E-state index contributed by atoms with van der Waals surface area (Å²) in [7, 11) is 0. The van der Waals surface area contributed by atoms with Crippen LogP contribution in [0.15, 0.2) is 82.7 Å². The third kappa shape index (κ3) is 4.08. The van der Waals surface area contributed by atoms with Crippen molar-refractivity contribution in [1.82, 2.24) is 9.88 Å². The third-order valence-electron chi connectivity index (χ3n) is 6.23. The highest BCUT2D eigenvalue weighted by molar-refractivity contribution is 7.17. The summed E-state index contributed by atoms with van der Waals surface area (Å²) in [5.41, 5.74) is 4.50. The van der Waals surface area contributed by atoms with Gasteiger partial charge in [-0.3, -0.25) is 9.59 Å². The Balaban J connectivity index is 1.56. The molecule has 5 rings (SSSR count). The highest BCUT2D eigenvalue weighted by Crippen LogP contribution is 2.42. The van der Waals surface area contributed by atoms with E-state index in [1.807, 2.05) is 62.4 Å². The first kappa shape index (κ1) is 22.8. The number of amides is 1. The van der Waals surface area contributed by atoms with Crippen molar-refractivity contribution < 1.29 is 19.1 Å². The van der Waals surface area contributed by atoms with E-state index in [-0.39, 0.29) is 12.1 Å². The van der Waals surface area contributed by atoms with E-state index in [9.17, 15) is 14.7 Å². The second-order valence-corrected chi connectivity index (χ2v) is 9.67. The van der Waals surface area contributed by atoms with Crippen LogP contribution in [-0.2, 0) is 11.3 Å². The smallest absolute Gasteiger partial charge is 0.290 e. The average Bonchev–Trinajstić information content (AvgIpc) is 3.57. The topological polar surface area (TPSA) is 83.6 Å². The molecule has 1 amide bonds. The molecule has 3 heterocycles. The van der Waals surface area contributed by atoms with Gasteiger partial charge < -0.3 is 14.4 Å². The van der Waals surface area contributed by atoms with Gasteiger partial charge in [0.25, 0.3) is 5.91 Å².